The molecule has 9 heteroatoms. The number of pyridine rings is 1. The van der Waals surface area contributed by atoms with E-state index in [1.54, 1.807) is 28.5 Å². The summed E-state index contributed by atoms with van der Waals surface area (Å²) < 4.78 is 7.33. The van der Waals surface area contributed by atoms with Crippen molar-refractivity contribution in [3.8, 4) is 11.3 Å². The summed E-state index contributed by atoms with van der Waals surface area (Å²) in [5.74, 6) is 0.791. The number of rotatable bonds is 5. The number of benzene rings is 1. The topological polar surface area (TPSA) is 80.3 Å². The van der Waals surface area contributed by atoms with E-state index >= 15 is 0 Å². The molecule has 0 aliphatic carbocycles. The van der Waals surface area contributed by atoms with E-state index in [0.29, 0.717) is 30.8 Å². The average molecular weight is 499 g/mol. The molecule has 1 aliphatic rings. The van der Waals surface area contributed by atoms with Crippen LogP contribution >= 0.6 is 11.3 Å². The predicted molar refractivity (Wildman–Crippen MR) is 140 cm³/mol. The second-order valence-corrected chi connectivity index (χ2v) is 9.78. The van der Waals surface area contributed by atoms with Gasteiger partial charge in [0.15, 0.2) is 10.8 Å². The van der Waals surface area contributed by atoms with Crippen LogP contribution in [0.4, 0.5) is 5.13 Å². The van der Waals surface area contributed by atoms with Gasteiger partial charge < -0.3 is 14.2 Å². The van der Waals surface area contributed by atoms with E-state index in [9.17, 15) is 4.79 Å². The first-order chi connectivity index (χ1) is 17.7. The number of amides is 1. The average Bonchev–Trinajstić information content (AvgIpc) is 3.63. The van der Waals surface area contributed by atoms with Crippen molar-refractivity contribution in [2.75, 3.05) is 31.1 Å². The number of fused-ring (bicyclic) bond motifs is 1. The van der Waals surface area contributed by atoms with Crippen LogP contribution in [0.25, 0.3) is 22.3 Å². The Morgan fingerprint density at radius 2 is 1.94 bits per heavy atom. The molecule has 0 spiro atoms. The van der Waals surface area contributed by atoms with Crippen molar-refractivity contribution in [2.24, 2.45) is 0 Å². The predicted octanol–water partition coefficient (Wildman–Crippen LogP) is 4.86. The fourth-order valence-electron chi connectivity index (χ4n) is 4.62. The van der Waals surface area contributed by atoms with E-state index < -0.39 is 0 Å². The molecule has 1 fully saturated rings. The molecule has 0 atom stereocenters. The minimum absolute atomic E-state index is 0.00861. The van der Waals surface area contributed by atoms with Crippen molar-refractivity contribution in [3.63, 3.8) is 0 Å². The molecule has 8 nitrogen and oxygen atoms in total. The van der Waals surface area contributed by atoms with Gasteiger partial charge in [-0.3, -0.25) is 4.79 Å². The van der Waals surface area contributed by atoms with Gasteiger partial charge >= 0.3 is 0 Å². The molecule has 0 radical (unpaired) electrons. The second kappa shape index (κ2) is 9.58. The monoisotopic (exact) mass is 498 g/mol. The molecule has 6 rings (SSSR count). The number of aromatic nitrogens is 4. The molecule has 4 aromatic heterocycles. The first kappa shape index (κ1) is 22.5. The summed E-state index contributed by atoms with van der Waals surface area (Å²) in [5, 5.41) is 8.43. The third-order valence-corrected chi connectivity index (χ3v) is 7.47. The van der Waals surface area contributed by atoms with E-state index in [4.69, 9.17) is 9.40 Å². The summed E-state index contributed by atoms with van der Waals surface area (Å²) in [6.07, 6.45) is 4.28. The van der Waals surface area contributed by atoms with Crippen molar-refractivity contribution in [1.29, 1.82) is 0 Å². The van der Waals surface area contributed by atoms with Crippen LogP contribution in [-0.2, 0) is 6.54 Å². The zero-order valence-electron chi connectivity index (χ0n) is 20.0. The van der Waals surface area contributed by atoms with Crippen molar-refractivity contribution >= 4 is 33.4 Å². The highest BCUT2D eigenvalue weighted by atomic mass is 32.1. The second-order valence-electron chi connectivity index (χ2n) is 8.94. The Bertz CT molecular complexity index is 1490. The summed E-state index contributed by atoms with van der Waals surface area (Å²) in [6, 6.07) is 15.6. The largest absolute Gasteiger partial charge is 0.467 e. The maximum Gasteiger partial charge on any atom is 0.254 e. The highest BCUT2D eigenvalue weighted by molar-refractivity contribution is 7.13. The van der Waals surface area contributed by atoms with Gasteiger partial charge in [-0.05, 0) is 31.5 Å². The molecule has 0 bridgehead atoms. The third-order valence-electron chi connectivity index (χ3n) is 6.46. The molecule has 1 amide bonds. The lowest BCUT2D eigenvalue weighted by Gasteiger charge is -2.22. The number of carbonyl (C=O) groups excluding carboxylic acids is 1. The minimum atomic E-state index is 0.00861. The molecule has 36 heavy (non-hydrogen) atoms. The number of hydrogen-bond donors (Lipinski definition) is 0. The van der Waals surface area contributed by atoms with Crippen LogP contribution in [0.3, 0.4) is 0 Å². The SMILES string of the molecule is Cc1csc(N2CCCN(C(=O)c3cc(-c4ccccc4)nc4c3cnn4Cc3ccco3)CC2)n1. The summed E-state index contributed by atoms with van der Waals surface area (Å²) in [5.41, 5.74) is 4.04. The van der Waals surface area contributed by atoms with E-state index in [2.05, 4.69) is 20.4 Å². The van der Waals surface area contributed by atoms with Gasteiger partial charge in [-0.15, -0.1) is 11.3 Å². The Kier molecular flexibility index (Phi) is 5.98. The number of hydrogen-bond acceptors (Lipinski definition) is 7. The molecule has 1 aliphatic heterocycles. The number of thiazole rings is 1. The van der Waals surface area contributed by atoms with Crippen LogP contribution in [0, 0.1) is 6.92 Å². The van der Waals surface area contributed by atoms with Crippen molar-refractivity contribution in [2.45, 2.75) is 19.9 Å². The quantitative estimate of drug-likeness (QED) is 0.344. The van der Waals surface area contributed by atoms with Gasteiger partial charge in [0.1, 0.15) is 12.3 Å². The highest BCUT2D eigenvalue weighted by Gasteiger charge is 2.25. The van der Waals surface area contributed by atoms with Crippen molar-refractivity contribution in [1.82, 2.24) is 24.6 Å². The van der Waals surface area contributed by atoms with Crippen LogP contribution in [0.5, 0.6) is 0 Å². The Morgan fingerprint density at radius 1 is 1.06 bits per heavy atom. The van der Waals surface area contributed by atoms with Gasteiger partial charge in [0.25, 0.3) is 5.91 Å². The normalized spacial score (nSPS) is 14.4. The molecule has 0 saturated carbocycles. The number of anilines is 1. The van der Waals surface area contributed by atoms with E-state index in [1.165, 1.54) is 0 Å². The third kappa shape index (κ3) is 4.37. The Hall–Kier alpha value is -3.98. The van der Waals surface area contributed by atoms with E-state index in [0.717, 1.165) is 52.7 Å². The molecular formula is C27H26N6O2S. The first-order valence-electron chi connectivity index (χ1n) is 12.1. The molecule has 1 aromatic carbocycles. The zero-order valence-corrected chi connectivity index (χ0v) is 20.8. The molecule has 182 valence electrons. The minimum Gasteiger partial charge on any atom is -0.467 e. The van der Waals surface area contributed by atoms with Gasteiger partial charge in [0, 0.05) is 37.1 Å². The van der Waals surface area contributed by atoms with Crippen LogP contribution in [0.1, 0.15) is 28.2 Å². The lowest BCUT2D eigenvalue weighted by atomic mass is 10.1. The van der Waals surface area contributed by atoms with Gasteiger partial charge in [0.05, 0.1) is 34.8 Å². The van der Waals surface area contributed by atoms with Crippen LogP contribution in [-0.4, -0.2) is 56.7 Å². The first-order valence-corrected chi connectivity index (χ1v) is 12.9. The van der Waals surface area contributed by atoms with Gasteiger partial charge in [-0.25, -0.2) is 14.6 Å². The summed E-state index contributed by atoms with van der Waals surface area (Å²) in [6.45, 7) is 5.45. The Balaban J connectivity index is 1.35. The number of carbonyl (C=O) groups is 1. The van der Waals surface area contributed by atoms with E-state index in [-0.39, 0.29) is 5.91 Å². The lowest BCUT2D eigenvalue weighted by Crippen LogP contribution is -2.35. The maximum absolute atomic E-state index is 13.9. The van der Waals surface area contributed by atoms with E-state index in [1.807, 2.05) is 60.4 Å². The highest BCUT2D eigenvalue weighted by Crippen LogP contribution is 2.27. The van der Waals surface area contributed by atoms with Gasteiger partial charge in [0.2, 0.25) is 0 Å². The van der Waals surface area contributed by atoms with Gasteiger partial charge in [-0.2, -0.15) is 5.10 Å². The van der Waals surface area contributed by atoms with Crippen LogP contribution in [0.15, 0.2) is 70.8 Å². The molecule has 5 heterocycles. The van der Waals surface area contributed by atoms with Gasteiger partial charge in [-0.1, -0.05) is 30.3 Å². The Labute approximate surface area is 212 Å². The number of nitrogens with zero attached hydrogens (tertiary/aromatic N) is 6. The zero-order chi connectivity index (χ0) is 24.5. The molecule has 0 unspecified atom stereocenters. The molecule has 5 aromatic rings. The maximum atomic E-state index is 13.9. The number of furan rings is 1. The standard InChI is InChI=1S/C27H26N6O2S/c1-19-18-36-27(29-19)32-11-6-10-31(12-13-32)26(34)22-15-24(20-7-3-2-4-8-20)30-25-23(22)16-28-33(25)17-21-9-5-14-35-21/h2-5,7-9,14-16,18H,6,10-13,17H2,1H3. The van der Waals surface area contributed by atoms with Crippen molar-refractivity contribution in [3.05, 3.63) is 83.4 Å². The lowest BCUT2D eigenvalue weighted by molar-refractivity contribution is 0.0769. The molecular weight excluding hydrogens is 472 g/mol. The fraction of sp³-hybridized carbons (Fsp3) is 0.259. The summed E-state index contributed by atoms with van der Waals surface area (Å²) >= 11 is 1.66. The smallest absolute Gasteiger partial charge is 0.254 e. The molecule has 0 N–H and O–H groups in total. The summed E-state index contributed by atoms with van der Waals surface area (Å²) in [4.78, 5) is 27.7. The number of aryl methyl sites for hydroxylation is 1. The van der Waals surface area contributed by atoms with Crippen LogP contribution in [0.2, 0.25) is 0 Å². The molecule has 1 saturated heterocycles. The fourth-order valence-corrected chi connectivity index (χ4v) is 5.47. The Morgan fingerprint density at radius 3 is 2.72 bits per heavy atom. The summed E-state index contributed by atoms with van der Waals surface area (Å²) in [7, 11) is 0. The van der Waals surface area contributed by atoms with Crippen molar-refractivity contribution < 1.29 is 9.21 Å². The van der Waals surface area contributed by atoms with Crippen LogP contribution < -0.4 is 4.90 Å².